The van der Waals surface area contributed by atoms with Gasteiger partial charge < -0.3 is 5.32 Å². The highest BCUT2D eigenvalue weighted by molar-refractivity contribution is 7.19. The average Bonchev–Trinajstić information content (AvgIpc) is 3.03. The van der Waals surface area contributed by atoms with Gasteiger partial charge >= 0.3 is 12.4 Å². The van der Waals surface area contributed by atoms with Crippen molar-refractivity contribution in [1.82, 2.24) is 9.97 Å². The molecule has 4 aromatic rings. The van der Waals surface area contributed by atoms with Crippen LogP contribution in [0.25, 0.3) is 21.3 Å². The van der Waals surface area contributed by atoms with Crippen molar-refractivity contribution in [3.8, 4) is 11.1 Å². The number of halogens is 7. The standard InChI is InChI=1S/C22H14F7N3S/c1-10-17(12-3-5-15(23)6-4-12)18-19(30-11(2)31-20(18)33-10)32-16-8-13(21(24,25)26)7-14(9-16)22(27,28)29/h3-9H,1-2H3,(H,30,31,32). The van der Waals surface area contributed by atoms with Gasteiger partial charge in [-0.15, -0.1) is 11.3 Å². The molecule has 2 heterocycles. The highest BCUT2D eigenvalue weighted by atomic mass is 32.1. The second-order valence-electron chi connectivity index (χ2n) is 7.26. The Balaban J connectivity index is 1.92. The summed E-state index contributed by atoms with van der Waals surface area (Å²) in [6.07, 6.45) is -9.96. The van der Waals surface area contributed by atoms with Crippen LogP contribution in [0.15, 0.2) is 42.5 Å². The number of aryl methyl sites for hydroxylation is 2. The van der Waals surface area contributed by atoms with Gasteiger partial charge in [-0.25, -0.2) is 14.4 Å². The van der Waals surface area contributed by atoms with Gasteiger partial charge in [0.2, 0.25) is 0 Å². The Labute approximate surface area is 186 Å². The number of anilines is 2. The van der Waals surface area contributed by atoms with Crippen molar-refractivity contribution in [2.75, 3.05) is 5.32 Å². The van der Waals surface area contributed by atoms with E-state index in [1.165, 1.54) is 35.6 Å². The fourth-order valence-corrected chi connectivity index (χ4v) is 4.53. The highest BCUT2D eigenvalue weighted by Gasteiger charge is 2.37. The number of fused-ring (bicyclic) bond motifs is 1. The molecule has 172 valence electrons. The molecule has 33 heavy (non-hydrogen) atoms. The lowest BCUT2D eigenvalue weighted by Crippen LogP contribution is -2.12. The molecule has 0 aliphatic carbocycles. The molecule has 0 atom stereocenters. The molecule has 0 saturated carbocycles. The zero-order chi connectivity index (χ0) is 24.1. The summed E-state index contributed by atoms with van der Waals surface area (Å²) in [5.41, 5.74) is -2.09. The summed E-state index contributed by atoms with van der Waals surface area (Å²) in [4.78, 5) is 9.86. The third-order valence-corrected chi connectivity index (χ3v) is 5.82. The third-order valence-electron chi connectivity index (χ3n) is 4.82. The summed E-state index contributed by atoms with van der Waals surface area (Å²) in [5, 5.41) is 3.05. The van der Waals surface area contributed by atoms with E-state index >= 15 is 0 Å². The first-order chi connectivity index (χ1) is 15.3. The number of aromatic nitrogens is 2. The smallest absolute Gasteiger partial charge is 0.340 e. The molecule has 0 radical (unpaired) electrons. The maximum atomic E-state index is 13.4. The number of thiophene rings is 1. The molecule has 2 aromatic carbocycles. The van der Waals surface area contributed by atoms with Gasteiger partial charge in [0.15, 0.2) is 0 Å². The second kappa shape index (κ2) is 7.98. The van der Waals surface area contributed by atoms with Crippen LogP contribution in [0.3, 0.4) is 0 Å². The Morgan fingerprint density at radius 3 is 1.94 bits per heavy atom. The normalized spacial score (nSPS) is 12.4. The van der Waals surface area contributed by atoms with E-state index in [4.69, 9.17) is 0 Å². The Morgan fingerprint density at radius 2 is 1.39 bits per heavy atom. The average molecular weight is 485 g/mol. The topological polar surface area (TPSA) is 37.8 Å². The molecular weight excluding hydrogens is 471 g/mol. The quantitative estimate of drug-likeness (QED) is 0.300. The predicted molar refractivity (Wildman–Crippen MR) is 112 cm³/mol. The van der Waals surface area contributed by atoms with E-state index in [0.29, 0.717) is 33.5 Å². The number of hydrogen-bond donors (Lipinski definition) is 1. The van der Waals surface area contributed by atoms with E-state index in [1.54, 1.807) is 13.8 Å². The van der Waals surface area contributed by atoms with Gasteiger partial charge in [-0.1, -0.05) is 12.1 Å². The highest BCUT2D eigenvalue weighted by Crippen LogP contribution is 2.43. The van der Waals surface area contributed by atoms with E-state index in [2.05, 4.69) is 15.3 Å². The summed E-state index contributed by atoms with van der Waals surface area (Å²) in [7, 11) is 0. The minimum absolute atomic E-state index is 0.0497. The zero-order valence-corrected chi connectivity index (χ0v) is 17.8. The summed E-state index contributed by atoms with van der Waals surface area (Å²) in [5.74, 6) is -0.126. The van der Waals surface area contributed by atoms with Gasteiger partial charge in [0, 0.05) is 16.1 Å². The van der Waals surface area contributed by atoms with Crippen LogP contribution < -0.4 is 5.32 Å². The minimum atomic E-state index is -4.98. The van der Waals surface area contributed by atoms with Gasteiger partial charge in [-0.3, -0.25) is 0 Å². The van der Waals surface area contributed by atoms with Crippen molar-refractivity contribution in [3.05, 3.63) is 70.1 Å². The summed E-state index contributed by atoms with van der Waals surface area (Å²) in [6.45, 7) is 3.35. The van der Waals surface area contributed by atoms with E-state index in [9.17, 15) is 30.7 Å². The Hall–Kier alpha value is -3.21. The van der Waals surface area contributed by atoms with Gasteiger partial charge in [-0.2, -0.15) is 26.3 Å². The summed E-state index contributed by atoms with van der Waals surface area (Å²) < 4.78 is 93.0. The molecule has 0 amide bonds. The number of nitrogens with one attached hydrogen (secondary N) is 1. The van der Waals surface area contributed by atoms with Gasteiger partial charge in [-0.05, 0) is 49.7 Å². The molecular formula is C22H14F7N3S. The monoisotopic (exact) mass is 485 g/mol. The number of hydrogen-bond acceptors (Lipinski definition) is 4. The van der Waals surface area contributed by atoms with Crippen molar-refractivity contribution in [2.45, 2.75) is 26.2 Å². The van der Waals surface area contributed by atoms with Crippen molar-refractivity contribution in [3.63, 3.8) is 0 Å². The number of nitrogens with zero attached hydrogens (tertiary/aromatic N) is 2. The molecule has 4 rings (SSSR count). The second-order valence-corrected chi connectivity index (χ2v) is 8.46. The van der Waals surface area contributed by atoms with Crippen molar-refractivity contribution < 1.29 is 30.7 Å². The van der Waals surface area contributed by atoms with E-state index in [0.717, 1.165) is 4.88 Å². The molecule has 0 aliphatic heterocycles. The lowest BCUT2D eigenvalue weighted by molar-refractivity contribution is -0.143. The molecule has 0 unspecified atom stereocenters. The Morgan fingerprint density at radius 1 is 0.818 bits per heavy atom. The molecule has 11 heteroatoms. The van der Waals surface area contributed by atoms with Crippen LogP contribution in [-0.4, -0.2) is 9.97 Å². The van der Waals surface area contributed by atoms with Crippen LogP contribution >= 0.6 is 11.3 Å². The van der Waals surface area contributed by atoms with Crippen LogP contribution in [-0.2, 0) is 12.4 Å². The van der Waals surface area contributed by atoms with Crippen molar-refractivity contribution in [1.29, 1.82) is 0 Å². The minimum Gasteiger partial charge on any atom is -0.340 e. The third kappa shape index (κ3) is 4.63. The van der Waals surface area contributed by atoms with Crippen LogP contribution in [0.2, 0.25) is 0 Å². The van der Waals surface area contributed by atoms with E-state index in [-0.39, 0.29) is 17.7 Å². The first kappa shape index (κ1) is 23.0. The number of benzene rings is 2. The van der Waals surface area contributed by atoms with Crippen molar-refractivity contribution in [2.24, 2.45) is 0 Å². The summed E-state index contributed by atoms with van der Waals surface area (Å²) >= 11 is 1.29. The zero-order valence-electron chi connectivity index (χ0n) is 17.0. The molecule has 0 saturated heterocycles. The van der Waals surface area contributed by atoms with Crippen molar-refractivity contribution >= 4 is 33.1 Å². The first-order valence-electron chi connectivity index (χ1n) is 9.43. The number of alkyl halides is 6. The fourth-order valence-electron chi connectivity index (χ4n) is 3.44. The van der Waals surface area contributed by atoms with Crippen LogP contribution in [0.5, 0.6) is 0 Å². The molecule has 1 N–H and O–H groups in total. The molecule has 0 aliphatic rings. The maximum Gasteiger partial charge on any atom is 0.416 e. The van der Waals surface area contributed by atoms with Gasteiger partial charge in [0.25, 0.3) is 0 Å². The Bertz CT molecular complexity index is 1310. The van der Waals surface area contributed by atoms with Crippen LogP contribution in [0, 0.1) is 19.7 Å². The number of rotatable bonds is 3. The lowest BCUT2D eigenvalue weighted by Gasteiger charge is -2.16. The SMILES string of the molecule is Cc1nc(Nc2cc(C(F)(F)F)cc(C(F)(F)F)c2)c2c(-c3ccc(F)cc3)c(C)sc2n1. The molecule has 0 spiro atoms. The molecule has 0 fully saturated rings. The van der Waals surface area contributed by atoms with Gasteiger partial charge in [0.05, 0.1) is 16.5 Å². The van der Waals surface area contributed by atoms with Crippen LogP contribution in [0.1, 0.15) is 21.8 Å². The molecule has 0 bridgehead atoms. The molecule has 3 nitrogen and oxygen atoms in total. The van der Waals surface area contributed by atoms with E-state index < -0.39 is 35.0 Å². The maximum absolute atomic E-state index is 13.4. The Kier molecular flexibility index (Phi) is 5.55. The molecule has 2 aromatic heterocycles. The van der Waals surface area contributed by atoms with Gasteiger partial charge in [0.1, 0.15) is 22.3 Å². The van der Waals surface area contributed by atoms with E-state index in [1.807, 2.05) is 0 Å². The predicted octanol–water partition coefficient (Wildman–Crippen LogP) is 7.90. The van der Waals surface area contributed by atoms with Crippen LogP contribution in [0.4, 0.5) is 42.2 Å². The first-order valence-corrected chi connectivity index (χ1v) is 10.2. The summed E-state index contributed by atoms with van der Waals surface area (Å²) in [6, 6.07) is 6.81. The lowest BCUT2D eigenvalue weighted by atomic mass is 10.0. The fraction of sp³-hybridized carbons (Fsp3) is 0.182. The largest absolute Gasteiger partial charge is 0.416 e.